The van der Waals surface area contributed by atoms with Crippen LogP contribution >= 0.6 is 0 Å². The van der Waals surface area contributed by atoms with E-state index in [9.17, 15) is 22.8 Å². The zero-order chi connectivity index (χ0) is 29.6. The normalized spacial score (nSPS) is 30.2. The lowest BCUT2D eigenvalue weighted by atomic mass is 9.78. The largest absolute Gasteiger partial charge is 0.417 e. The number of hydrogen-bond donors (Lipinski definition) is 2. The Morgan fingerprint density at radius 3 is 2.73 bits per heavy atom. The maximum atomic E-state index is 14.4. The van der Waals surface area contributed by atoms with Crippen molar-refractivity contribution in [3.8, 4) is 0 Å². The van der Waals surface area contributed by atoms with Crippen molar-refractivity contribution in [1.29, 1.82) is 0 Å². The number of aromatic nitrogens is 1. The molecular formula is C29H42F3N5O4. The van der Waals surface area contributed by atoms with Crippen LogP contribution in [0.3, 0.4) is 0 Å². The molecular weight excluding hydrogens is 539 g/mol. The highest BCUT2D eigenvalue weighted by molar-refractivity contribution is 5.86. The molecule has 1 aromatic heterocycles. The number of nitrogens with zero attached hydrogens (tertiary/aromatic N) is 3. The third kappa shape index (κ3) is 6.34. The number of likely N-dealkylation sites (tertiary alicyclic amines) is 1. The Kier molecular flexibility index (Phi) is 8.30. The van der Waals surface area contributed by atoms with E-state index in [1.807, 2.05) is 20.8 Å². The summed E-state index contributed by atoms with van der Waals surface area (Å²) in [5.41, 5.74) is -0.667. The molecule has 1 aromatic rings. The van der Waals surface area contributed by atoms with Crippen molar-refractivity contribution in [3.05, 3.63) is 29.1 Å². The van der Waals surface area contributed by atoms with Crippen LogP contribution in [0.5, 0.6) is 0 Å². The van der Waals surface area contributed by atoms with Crippen molar-refractivity contribution in [3.63, 3.8) is 0 Å². The van der Waals surface area contributed by atoms with Gasteiger partial charge in [-0.05, 0) is 42.2 Å². The molecule has 5 rings (SSSR count). The minimum Gasteiger partial charge on any atom is -0.379 e. The van der Waals surface area contributed by atoms with Gasteiger partial charge >= 0.3 is 12.2 Å². The molecule has 0 bridgehead atoms. The minimum atomic E-state index is -4.50. The van der Waals surface area contributed by atoms with Crippen LogP contribution in [0.25, 0.3) is 0 Å². The molecule has 2 unspecified atom stereocenters. The van der Waals surface area contributed by atoms with Crippen molar-refractivity contribution in [2.75, 3.05) is 46.5 Å². The summed E-state index contributed by atoms with van der Waals surface area (Å²) in [6.45, 7) is 9.02. The molecule has 9 nitrogen and oxygen atoms in total. The Labute approximate surface area is 239 Å². The van der Waals surface area contributed by atoms with Gasteiger partial charge in [-0.15, -0.1) is 0 Å². The summed E-state index contributed by atoms with van der Waals surface area (Å²) in [4.78, 5) is 35.0. The van der Waals surface area contributed by atoms with E-state index in [0.29, 0.717) is 56.9 Å². The maximum absolute atomic E-state index is 14.4. The van der Waals surface area contributed by atoms with Crippen molar-refractivity contribution in [2.45, 2.75) is 77.4 Å². The molecule has 228 valence electrons. The van der Waals surface area contributed by atoms with Gasteiger partial charge in [-0.2, -0.15) is 13.2 Å². The third-order valence-electron chi connectivity index (χ3n) is 9.07. The summed E-state index contributed by atoms with van der Waals surface area (Å²) in [5.74, 6) is -0.147. The number of carbonyl (C=O) groups excluding carboxylic acids is 2. The van der Waals surface area contributed by atoms with Gasteiger partial charge in [-0.3, -0.25) is 9.78 Å². The van der Waals surface area contributed by atoms with Gasteiger partial charge in [0.1, 0.15) is 0 Å². The van der Waals surface area contributed by atoms with E-state index in [1.54, 1.807) is 16.9 Å². The van der Waals surface area contributed by atoms with Crippen LogP contribution in [0.15, 0.2) is 12.3 Å². The van der Waals surface area contributed by atoms with Crippen molar-refractivity contribution in [2.24, 2.45) is 16.7 Å². The Bertz CT molecular complexity index is 1140. The number of methoxy groups -OCH3 is 1. The zero-order valence-electron chi connectivity index (χ0n) is 24.4. The standard InChI is InChI=1S/C29H42F3N5O4/c1-27(2,3)16-34-26(39)37-14-20-10-21(35-23-6-8-41-15-24(23)40-4)11-28(20,17-37)25(38)36-7-5-22-18(13-36)9-19(12-33-22)29(30,31)32/h9,12,20-21,23-24,35H,5-8,10-11,13-17H2,1-4H3,(H,34,39)/t20-,21+,23?,24?,28-/m0/s1. The Morgan fingerprint density at radius 1 is 1.24 bits per heavy atom. The van der Waals surface area contributed by atoms with Gasteiger partial charge in [0.25, 0.3) is 0 Å². The molecule has 3 aliphatic heterocycles. The van der Waals surface area contributed by atoms with Gasteiger partial charge in [0, 0.05) is 76.8 Å². The first-order valence-electron chi connectivity index (χ1n) is 14.5. The van der Waals surface area contributed by atoms with Crippen LogP contribution in [0, 0.1) is 16.7 Å². The molecule has 4 aliphatic rings. The third-order valence-corrected chi connectivity index (χ3v) is 9.07. The molecule has 0 aromatic carbocycles. The monoisotopic (exact) mass is 581 g/mol. The van der Waals surface area contributed by atoms with Crippen LogP contribution < -0.4 is 10.6 Å². The summed E-state index contributed by atoms with van der Waals surface area (Å²) in [5, 5.41) is 6.74. The average Bonchev–Trinajstić information content (AvgIpc) is 3.45. The van der Waals surface area contributed by atoms with E-state index >= 15 is 0 Å². The van der Waals surface area contributed by atoms with Crippen molar-refractivity contribution < 1.29 is 32.2 Å². The molecule has 0 radical (unpaired) electrons. The number of urea groups is 1. The first-order chi connectivity index (χ1) is 19.3. The fraction of sp³-hybridized carbons (Fsp3) is 0.759. The van der Waals surface area contributed by atoms with Gasteiger partial charge in [-0.1, -0.05) is 20.8 Å². The number of hydrogen-bond acceptors (Lipinski definition) is 6. The van der Waals surface area contributed by atoms with E-state index in [4.69, 9.17) is 9.47 Å². The zero-order valence-corrected chi connectivity index (χ0v) is 24.4. The lowest BCUT2D eigenvalue weighted by Gasteiger charge is -2.38. The van der Waals surface area contributed by atoms with E-state index in [2.05, 4.69) is 15.6 Å². The van der Waals surface area contributed by atoms with Crippen molar-refractivity contribution >= 4 is 11.9 Å². The van der Waals surface area contributed by atoms with E-state index < -0.39 is 17.2 Å². The summed E-state index contributed by atoms with van der Waals surface area (Å²) in [6.07, 6.45) is -1.23. The van der Waals surface area contributed by atoms with Crippen LogP contribution in [0.4, 0.5) is 18.0 Å². The topological polar surface area (TPSA) is 96.0 Å². The number of alkyl halides is 3. The number of nitrogens with one attached hydrogen (secondary N) is 2. The second-order valence-corrected chi connectivity index (χ2v) is 13.3. The summed E-state index contributed by atoms with van der Waals surface area (Å²) in [7, 11) is 1.67. The fourth-order valence-corrected chi connectivity index (χ4v) is 6.94. The summed E-state index contributed by atoms with van der Waals surface area (Å²) in [6, 6.07) is 1.09. The minimum absolute atomic E-state index is 0.0556. The second kappa shape index (κ2) is 11.3. The van der Waals surface area contributed by atoms with Crippen LogP contribution in [-0.4, -0.2) is 91.4 Å². The smallest absolute Gasteiger partial charge is 0.379 e. The first-order valence-corrected chi connectivity index (χ1v) is 14.5. The quantitative estimate of drug-likeness (QED) is 0.555. The molecule has 2 saturated heterocycles. The molecule has 3 amide bonds. The molecule has 1 saturated carbocycles. The van der Waals surface area contributed by atoms with Gasteiger partial charge in [0.2, 0.25) is 5.91 Å². The average molecular weight is 582 g/mol. The first kappa shape index (κ1) is 30.0. The highest BCUT2D eigenvalue weighted by Gasteiger charge is 2.60. The van der Waals surface area contributed by atoms with E-state index in [1.165, 1.54) is 0 Å². The molecule has 4 heterocycles. The van der Waals surface area contributed by atoms with Crippen LogP contribution in [-0.2, 0) is 33.4 Å². The van der Waals surface area contributed by atoms with Gasteiger partial charge in [0.05, 0.1) is 23.7 Å². The number of halogens is 3. The van der Waals surface area contributed by atoms with E-state index in [0.717, 1.165) is 25.1 Å². The molecule has 1 aliphatic carbocycles. The molecule has 3 fully saturated rings. The van der Waals surface area contributed by atoms with Crippen molar-refractivity contribution in [1.82, 2.24) is 25.4 Å². The lowest BCUT2D eigenvalue weighted by molar-refractivity contribution is -0.143. The molecule has 12 heteroatoms. The Hall–Kier alpha value is -2.44. The Balaban J connectivity index is 1.36. The lowest BCUT2D eigenvalue weighted by Crippen LogP contribution is -2.53. The van der Waals surface area contributed by atoms with Gasteiger partial charge in [-0.25, -0.2) is 4.79 Å². The number of fused-ring (bicyclic) bond motifs is 2. The summed E-state index contributed by atoms with van der Waals surface area (Å²) >= 11 is 0. The van der Waals surface area contributed by atoms with E-state index in [-0.39, 0.29) is 54.5 Å². The van der Waals surface area contributed by atoms with Gasteiger partial charge < -0.3 is 29.9 Å². The number of rotatable bonds is 5. The molecule has 0 spiro atoms. The highest BCUT2D eigenvalue weighted by Crippen LogP contribution is 2.51. The SMILES string of the molecule is COC1COCCC1N[C@@H]1C[C@H]2CN(C(=O)NCC(C)(C)C)C[C@@]2(C(=O)N2CCc3ncc(C(F)(F)F)cc3C2)C1. The second-order valence-electron chi connectivity index (χ2n) is 13.3. The Morgan fingerprint density at radius 2 is 2.02 bits per heavy atom. The number of pyridine rings is 1. The van der Waals surface area contributed by atoms with Crippen LogP contribution in [0.1, 0.15) is 56.9 Å². The van der Waals surface area contributed by atoms with Gasteiger partial charge in [0.15, 0.2) is 0 Å². The van der Waals surface area contributed by atoms with Crippen LogP contribution in [0.2, 0.25) is 0 Å². The fourth-order valence-electron chi connectivity index (χ4n) is 6.94. The molecule has 5 atom stereocenters. The number of carbonyl (C=O) groups is 2. The maximum Gasteiger partial charge on any atom is 0.417 e. The molecule has 41 heavy (non-hydrogen) atoms. The number of ether oxygens (including phenoxy) is 2. The molecule has 2 N–H and O–H groups in total. The highest BCUT2D eigenvalue weighted by atomic mass is 19.4. The predicted molar refractivity (Wildman–Crippen MR) is 145 cm³/mol. The predicted octanol–water partition coefficient (Wildman–Crippen LogP) is 3.21. The number of amides is 3. The summed E-state index contributed by atoms with van der Waals surface area (Å²) < 4.78 is 51.4.